The number of aliphatic hydroxyl groups excluding tert-OH is 2. The van der Waals surface area contributed by atoms with Crippen LogP contribution in [0.4, 0.5) is 0 Å². The number of carbonyl (C=O) groups is 2. The van der Waals surface area contributed by atoms with Crippen LogP contribution >= 0.6 is 0 Å². The number of rotatable bonds is 6. The van der Waals surface area contributed by atoms with Crippen LogP contribution in [0, 0.1) is 0 Å². The minimum atomic E-state index is -0.789. The second kappa shape index (κ2) is 8.50. The highest BCUT2D eigenvalue weighted by molar-refractivity contribution is 6.06. The Morgan fingerprint density at radius 3 is 1.48 bits per heavy atom. The first-order valence-electron chi connectivity index (χ1n) is 7.31. The molecule has 0 aromatic carbocycles. The summed E-state index contributed by atoms with van der Waals surface area (Å²) < 4.78 is 15.5. The van der Waals surface area contributed by atoms with E-state index in [1.54, 1.807) is 27.7 Å². The highest BCUT2D eigenvalue weighted by Gasteiger charge is 2.33. The molecule has 0 aromatic rings. The fourth-order valence-electron chi connectivity index (χ4n) is 2.24. The van der Waals surface area contributed by atoms with E-state index >= 15 is 0 Å². The van der Waals surface area contributed by atoms with Crippen molar-refractivity contribution in [3.8, 4) is 0 Å². The average molecular weight is 326 g/mol. The van der Waals surface area contributed by atoms with Gasteiger partial charge >= 0.3 is 11.9 Å². The summed E-state index contributed by atoms with van der Waals surface area (Å²) in [5.41, 5.74) is -0.0546. The lowest BCUT2D eigenvalue weighted by Crippen LogP contribution is -2.21. The van der Waals surface area contributed by atoms with Gasteiger partial charge in [0.25, 0.3) is 0 Å². The first-order valence-corrected chi connectivity index (χ1v) is 7.31. The van der Waals surface area contributed by atoms with Gasteiger partial charge in [0.1, 0.15) is 11.5 Å². The molecule has 1 rings (SSSR count). The molecule has 0 amide bonds. The Labute approximate surface area is 134 Å². The molecule has 23 heavy (non-hydrogen) atoms. The number of allylic oxidation sites excluding steroid dienone is 2. The van der Waals surface area contributed by atoms with Gasteiger partial charge in [-0.25, -0.2) is 9.59 Å². The van der Waals surface area contributed by atoms with Gasteiger partial charge in [-0.15, -0.1) is 0 Å². The summed E-state index contributed by atoms with van der Waals surface area (Å²) in [5, 5.41) is 19.3. The van der Waals surface area contributed by atoms with Gasteiger partial charge in [0.2, 0.25) is 0 Å². The van der Waals surface area contributed by atoms with Crippen LogP contribution in [0.25, 0.3) is 0 Å². The van der Waals surface area contributed by atoms with E-state index in [-0.39, 0.29) is 47.0 Å². The summed E-state index contributed by atoms with van der Waals surface area (Å²) in [6, 6.07) is 0. The number of aliphatic hydroxyl groups is 2. The molecule has 0 saturated heterocycles. The second-order valence-electron chi connectivity index (χ2n) is 4.68. The molecule has 0 radical (unpaired) electrons. The van der Waals surface area contributed by atoms with Crippen molar-refractivity contribution < 1.29 is 34.0 Å². The third-order valence-corrected chi connectivity index (χ3v) is 3.29. The molecule has 0 saturated carbocycles. The zero-order valence-corrected chi connectivity index (χ0v) is 13.8. The lowest BCUT2D eigenvalue weighted by molar-refractivity contribution is -0.141. The Morgan fingerprint density at radius 2 is 1.22 bits per heavy atom. The fourth-order valence-corrected chi connectivity index (χ4v) is 2.24. The van der Waals surface area contributed by atoms with Gasteiger partial charge < -0.3 is 24.4 Å². The number of hydrogen-bond acceptors (Lipinski definition) is 7. The van der Waals surface area contributed by atoms with Crippen molar-refractivity contribution >= 4 is 11.9 Å². The second-order valence-corrected chi connectivity index (χ2v) is 4.68. The molecule has 1 aliphatic rings. The third-order valence-electron chi connectivity index (χ3n) is 3.29. The molecule has 0 aromatic heterocycles. The molecule has 0 atom stereocenters. The highest BCUT2D eigenvalue weighted by Crippen LogP contribution is 2.32. The smallest absolute Gasteiger partial charge is 0.339 e. The van der Waals surface area contributed by atoms with E-state index in [1.807, 2.05) is 0 Å². The van der Waals surface area contributed by atoms with Crippen LogP contribution < -0.4 is 0 Å². The van der Waals surface area contributed by atoms with E-state index in [4.69, 9.17) is 14.2 Å². The zero-order chi connectivity index (χ0) is 17.6. The number of ether oxygens (including phenoxy) is 3. The molecule has 128 valence electrons. The van der Waals surface area contributed by atoms with Crippen molar-refractivity contribution in [2.24, 2.45) is 0 Å². The minimum absolute atomic E-state index is 0.0915. The normalized spacial score (nSPS) is 15.4. The number of hydrogen-bond donors (Lipinski definition) is 2. The maximum atomic E-state index is 12.4. The summed E-state index contributed by atoms with van der Waals surface area (Å²) in [5.74, 6) is -1.08. The van der Waals surface area contributed by atoms with Crippen molar-refractivity contribution in [3.63, 3.8) is 0 Å². The summed E-state index contributed by atoms with van der Waals surface area (Å²) in [6.45, 7) is 5.47. The van der Waals surface area contributed by atoms with Crippen molar-refractivity contribution in [1.82, 2.24) is 0 Å². The van der Waals surface area contributed by atoms with Gasteiger partial charge in [-0.2, -0.15) is 0 Å². The molecule has 7 nitrogen and oxygen atoms in total. The zero-order valence-electron chi connectivity index (χ0n) is 13.8. The van der Waals surface area contributed by atoms with Crippen LogP contribution in [0.1, 0.15) is 27.7 Å². The molecule has 0 bridgehead atoms. The van der Waals surface area contributed by atoms with Crippen LogP contribution in [-0.4, -0.2) is 48.6 Å². The van der Waals surface area contributed by atoms with E-state index in [1.165, 1.54) is 0 Å². The first kappa shape index (κ1) is 18.9. The van der Waals surface area contributed by atoms with E-state index in [0.29, 0.717) is 0 Å². The van der Waals surface area contributed by atoms with Gasteiger partial charge in [-0.05, 0) is 27.7 Å². The van der Waals surface area contributed by atoms with Crippen LogP contribution in [0.5, 0.6) is 0 Å². The van der Waals surface area contributed by atoms with E-state index < -0.39 is 25.2 Å². The Bertz CT molecular complexity index is 531. The molecular formula is C16H22O7. The van der Waals surface area contributed by atoms with E-state index in [9.17, 15) is 19.8 Å². The van der Waals surface area contributed by atoms with Gasteiger partial charge in [-0.3, -0.25) is 0 Å². The Hall–Kier alpha value is -2.12. The topological polar surface area (TPSA) is 102 Å². The molecule has 0 fully saturated rings. The summed E-state index contributed by atoms with van der Waals surface area (Å²) in [6.07, 6.45) is 0. The molecule has 0 aliphatic carbocycles. The van der Waals surface area contributed by atoms with Crippen LogP contribution in [0.15, 0.2) is 33.8 Å². The average Bonchev–Trinajstić information content (AvgIpc) is 2.60. The van der Waals surface area contributed by atoms with Crippen molar-refractivity contribution in [3.05, 3.63) is 33.8 Å². The fraction of sp³-hybridized carbons (Fsp3) is 0.500. The van der Waals surface area contributed by atoms with Gasteiger partial charge in [0, 0.05) is 11.1 Å². The van der Waals surface area contributed by atoms with Gasteiger partial charge in [-0.1, -0.05) is 0 Å². The molecule has 0 spiro atoms. The van der Waals surface area contributed by atoms with Crippen molar-refractivity contribution in [1.29, 1.82) is 0 Å². The summed E-state index contributed by atoms with van der Waals surface area (Å²) >= 11 is 0. The van der Waals surface area contributed by atoms with Crippen LogP contribution in [0.2, 0.25) is 0 Å². The highest BCUT2D eigenvalue weighted by atomic mass is 16.5. The van der Waals surface area contributed by atoms with E-state index in [0.717, 1.165) is 0 Å². The maximum absolute atomic E-state index is 12.4. The first-order chi connectivity index (χ1) is 10.9. The number of carbonyl (C=O) groups excluding carboxylic acids is 2. The molecule has 1 heterocycles. The SMILES string of the molecule is CCOC(=O)C1=C(C(=O)OCC)C(CO)=C(C)OC(C)=C1CO. The third kappa shape index (κ3) is 4.00. The molecule has 1 aliphatic heterocycles. The Morgan fingerprint density at radius 1 is 0.870 bits per heavy atom. The Kier molecular flexibility index (Phi) is 6.99. The lowest BCUT2D eigenvalue weighted by Gasteiger charge is -2.15. The predicted octanol–water partition coefficient (Wildman–Crippen LogP) is 0.972. The van der Waals surface area contributed by atoms with Crippen molar-refractivity contribution in [2.45, 2.75) is 27.7 Å². The largest absolute Gasteiger partial charge is 0.466 e. The van der Waals surface area contributed by atoms with Crippen LogP contribution in [-0.2, 0) is 23.8 Å². The Balaban J connectivity index is 3.74. The van der Waals surface area contributed by atoms with Crippen molar-refractivity contribution in [2.75, 3.05) is 26.4 Å². The minimum Gasteiger partial charge on any atom is -0.466 e. The molecule has 2 N–H and O–H groups in total. The summed E-state index contributed by atoms with van der Waals surface area (Å²) in [7, 11) is 0. The monoisotopic (exact) mass is 326 g/mol. The van der Waals surface area contributed by atoms with Gasteiger partial charge in [0.15, 0.2) is 0 Å². The van der Waals surface area contributed by atoms with Gasteiger partial charge in [0.05, 0.1) is 37.6 Å². The standard InChI is InChI=1S/C16H22O7/c1-5-21-15(19)13-11(7-17)9(3)23-10(4)12(8-18)14(13)16(20)22-6-2/h17-18H,5-8H2,1-4H3. The maximum Gasteiger partial charge on any atom is 0.339 e. The summed E-state index contributed by atoms with van der Waals surface area (Å²) in [4.78, 5) is 24.7. The predicted molar refractivity (Wildman–Crippen MR) is 80.9 cm³/mol. The molecular weight excluding hydrogens is 304 g/mol. The van der Waals surface area contributed by atoms with E-state index in [2.05, 4.69) is 0 Å². The molecule has 0 unspecified atom stereocenters. The van der Waals surface area contributed by atoms with Crippen LogP contribution in [0.3, 0.4) is 0 Å². The number of esters is 2. The lowest BCUT2D eigenvalue weighted by atomic mass is 9.94. The molecule has 7 heteroatoms. The quantitative estimate of drug-likeness (QED) is 0.701.